The van der Waals surface area contributed by atoms with Crippen molar-refractivity contribution in [2.75, 3.05) is 32.5 Å². The van der Waals surface area contributed by atoms with Crippen LogP contribution in [0.5, 0.6) is 0 Å². The average Bonchev–Trinajstić information content (AvgIpc) is 2.77. The third-order valence-electron chi connectivity index (χ3n) is 3.97. The van der Waals surface area contributed by atoms with Crippen LogP contribution in [0.4, 0.5) is 5.13 Å². The molecule has 7 heteroatoms. The van der Waals surface area contributed by atoms with Gasteiger partial charge in [0.05, 0.1) is 6.54 Å². The molecule has 0 aromatic carbocycles. The number of likely N-dealkylation sites (tertiary alicyclic amines) is 1. The lowest BCUT2D eigenvalue weighted by atomic mass is 9.98. The number of anilines is 1. The molecule has 1 N–H and O–H groups in total. The van der Waals surface area contributed by atoms with Crippen molar-refractivity contribution < 1.29 is 4.79 Å². The molecule has 1 aromatic rings. The SMILES string of the molecule is Cc1nnc(NC(=O)CN(C)[C@@H]2CCN(C)[C@H](C)C2)s1. The fourth-order valence-electron chi connectivity index (χ4n) is 2.53. The molecule has 6 nitrogen and oxygen atoms in total. The van der Waals surface area contributed by atoms with Gasteiger partial charge in [0, 0.05) is 12.1 Å². The number of likely N-dealkylation sites (N-methyl/N-ethyl adjacent to an activating group) is 1. The van der Waals surface area contributed by atoms with Crippen LogP contribution in [-0.2, 0) is 4.79 Å². The van der Waals surface area contributed by atoms with Crippen molar-refractivity contribution in [3.63, 3.8) is 0 Å². The Kier molecular flexibility index (Phi) is 5.06. The number of aryl methyl sites for hydroxylation is 1. The Hall–Kier alpha value is -1.05. The number of hydrogen-bond donors (Lipinski definition) is 1. The van der Waals surface area contributed by atoms with E-state index < -0.39 is 0 Å². The van der Waals surface area contributed by atoms with E-state index in [1.54, 1.807) is 0 Å². The van der Waals surface area contributed by atoms with Crippen molar-refractivity contribution in [2.24, 2.45) is 0 Å². The zero-order valence-corrected chi connectivity index (χ0v) is 13.4. The van der Waals surface area contributed by atoms with Crippen molar-refractivity contribution in [1.82, 2.24) is 20.0 Å². The van der Waals surface area contributed by atoms with Crippen LogP contribution in [0.15, 0.2) is 0 Å². The van der Waals surface area contributed by atoms with Crippen molar-refractivity contribution in [3.05, 3.63) is 5.01 Å². The van der Waals surface area contributed by atoms with E-state index in [2.05, 4.69) is 39.3 Å². The Morgan fingerprint density at radius 1 is 1.55 bits per heavy atom. The number of carbonyl (C=O) groups excluding carboxylic acids is 1. The highest BCUT2D eigenvalue weighted by Gasteiger charge is 2.26. The molecule has 2 rings (SSSR count). The number of hydrogen-bond acceptors (Lipinski definition) is 6. The highest BCUT2D eigenvalue weighted by atomic mass is 32.1. The first-order chi connectivity index (χ1) is 9.45. The maximum atomic E-state index is 12.0. The van der Waals surface area contributed by atoms with Gasteiger partial charge in [0.25, 0.3) is 0 Å². The fraction of sp³-hybridized carbons (Fsp3) is 0.769. The van der Waals surface area contributed by atoms with Gasteiger partial charge in [-0.3, -0.25) is 15.0 Å². The summed E-state index contributed by atoms with van der Waals surface area (Å²) in [4.78, 5) is 16.5. The minimum Gasteiger partial charge on any atom is -0.304 e. The Morgan fingerprint density at radius 3 is 2.90 bits per heavy atom. The minimum atomic E-state index is -0.0183. The van der Waals surface area contributed by atoms with Gasteiger partial charge in [-0.15, -0.1) is 10.2 Å². The standard InChI is InChI=1S/C13H23N5OS/c1-9-7-11(5-6-17(9)3)18(4)8-12(19)14-13-16-15-10(2)20-13/h9,11H,5-8H2,1-4H3,(H,14,16,19)/t9-,11-/m1/s1. The Labute approximate surface area is 124 Å². The molecule has 0 radical (unpaired) electrons. The number of piperidine rings is 1. The molecule has 0 aliphatic carbocycles. The van der Waals surface area contributed by atoms with E-state index in [9.17, 15) is 4.79 Å². The fourth-order valence-corrected chi connectivity index (χ4v) is 3.13. The number of carbonyl (C=O) groups is 1. The van der Waals surface area contributed by atoms with Crippen molar-refractivity contribution in [2.45, 2.75) is 38.8 Å². The lowest BCUT2D eigenvalue weighted by Gasteiger charge is -2.39. The molecule has 0 unspecified atom stereocenters. The largest absolute Gasteiger partial charge is 0.304 e. The van der Waals surface area contributed by atoms with E-state index >= 15 is 0 Å². The van der Waals surface area contributed by atoms with Gasteiger partial charge in [-0.1, -0.05) is 11.3 Å². The molecule has 1 fully saturated rings. The van der Waals surface area contributed by atoms with Gasteiger partial charge in [-0.25, -0.2) is 0 Å². The number of amides is 1. The molecule has 0 bridgehead atoms. The summed E-state index contributed by atoms with van der Waals surface area (Å²) in [5, 5.41) is 12.0. The minimum absolute atomic E-state index is 0.0183. The molecule has 1 aromatic heterocycles. The van der Waals surface area contributed by atoms with E-state index in [4.69, 9.17) is 0 Å². The zero-order chi connectivity index (χ0) is 14.7. The Morgan fingerprint density at radius 2 is 2.30 bits per heavy atom. The monoisotopic (exact) mass is 297 g/mol. The second-order valence-electron chi connectivity index (χ2n) is 5.60. The smallest absolute Gasteiger partial charge is 0.240 e. The Balaban J connectivity index is 1.81. The summed E-state index contributed by atoms with van der Waals surface area (Å²) in [6, 6.07) is 1.05. The molecular formula is C13H23N5OS. The summed E-state index contributed by atoms with van der Waals surface area (Å²) in [5.74, 6) is -0.0183. The van der Waals surface area contributed by atoms with Crippen molar-refractivity contribution in [1.29, 1.82) is 0 Å². The van der Waals surface area contributed by atoms with Gasteiger partial charge in [0.2, 0.25) is 11.0 Å². The van der Waals surface area contributed by atoms with Crippen LogP contribution in [0.1, 0.15) is 24.8 Å². The van der Waals surface area contributed by atoms with Crippen LogP contribution in [0, 0.1) is 6.92 Å². The second kappa shape index (κ2) is 6.60. The van der Waals surface area contributed by atoms with E-state index in [0.717, 1.165) is 24.4 Å². The van der Waals surface area contributed by atoms with Crippen molar-refractivity contribution in [3.8, 4) is 0 Å². The predicted molar refractivity (Wildman–Crippen MR) is 81.0 cm³/mol. The van der Waals surface area contributed by atoms with Gasteiger partial charge in [0.15, 0.2) is 0 Å². The van der Waals surface area contributed by atoms with E-state index in [1.165, 1.54) is 11.3 Å². The summed E-state index contributed by atoms with van der Waals surface area (Å²) in [7, 11) is 4.18. The van der Waals surface area contributed by atoms with Crippen LogP contribution >= 0.6 is 11.3 Å². The summed E-state index contributed by atoms with van der Waals surface area (Å²) < 4.78 is 0. The lowest BCUT2D eigenvalue weighted by Crippen LogP contribution is -2.48. The van der Waals surface area contributed by atoms with Gasteiger partial charge in [-0.2, -0.15) is 0 Å². The first-order valence-corrected chi connectivity index (χ1v) is 7.78. The van der Waals surface area contributed by atoms with Crippen molar-refractivity contribution >= 4 is 22.4 Å². The molecule has 20 heavy (non-hydrogen) atoms. The third-order valence-corrected chi connectivity index (χ3v) is 4.72. The lowest BCUT2D eigenvalue weighted by molar-refractivity contribution is -0.117. The molecule has 1 aliphatic rings. The number of nitrogens with zero attached hydrogens (tertiary/aromatic N) is 4. The molecular weight excluding hydrogens is 274 g/mol. The maximum Gasteiger partial charge on any atom is 0.240 e. The molecule has 112 valence electrons. The molecule has 0 saturated carbocycles. The quantitative estimate of drug-likeness (QED) is 0.905. The van der Waals surface area contributed by atoms with Gasteiger partial charge in [-0.05, 0) is 47.3 Å². The first kappa shape index (κ1) is 15.3. The molecule has 2 atom stereocenters. The number of aromatic nitrogens is 2. The maximum absolute atomic E-state index is 12.0. The predicted octanol–water partition coefficient (Wildman–Crippen LogP) is 1.20. The second-order valence-corrected chi connectivity index (χ2v) is 6.78. The summed E-state index contributed by atoms with van der Waals surface area (Å²) in [6.45, 7) is 5.61. The topological polar surface area (TPSA) is 61.4 Å². The van der Waals surface area contributed by atoms with E-state index in [1.807, 2.05) is 14.0 Å². The number of rotatable bonds is 4. The average molecular weight is 297 g/mol. The molecule has 0 spiro atoms. The van der Waals surface area contributed by atoms with Gasteiger partial charge >= 0.3 is 0 Å². The Bertz CT molecular complexity index is 463. The first-order valence-electron chi connectivity index (χ1n) is 6.96. The zero-order valence-electron chi connectivity index (χ0n) is 12.6. The van der Waals surface area contributed by atoms with Crippen LogP contribution < -0.4 is 5.32 Å². The molecule has 1 amide bonds. The molecule has 1 aliphatic heterocycles. The normalized spacial score (nSPS) is 24.1. The highest BCUT2D eigenvalue weighted by Crippen LogP contribution is 2.19. The summed E-state index contributed by atoms with van der Waals surface area (Å²) >= 11 is 1.40. The van der Waals surface area contributed by atoms with Gasteiger partial charge < -0.3 is 4.90 Å². The summed E-state index contributed by atoms with van der Waals surface area (Å²) in [5.41, 5.74) is 0. The van der Waals surface area contributed by atoms with Crippen LogP contribution in [-0.4, -0.2) is 65.2 Å². The van der Waals surface area contributed by atoms with E-state index in [0.29, 0.717) is 23.8 Å². The van der Waals surface area contributed by atoms with Crippen LogP contribution in [0.2, 0.25) is 0 Å². The number of nitrogens with one attached hydrogen (secondary N) is 1. The van der Waals surface area contributed by atoms with Crippen LogP contribution in [0.25, 0.3) is 0 Å². The summed E-state index contributed by atoms with van der Waals surface area (Å²) in [6.07, 6.45) is 2.22. The molecule has 2 heterocycles. The highest BCUT2D eigenvalue weighted by molar-refractivity contribution is 7.15. The van der Waals surface area contributed by atoms with Gasteiger partial charge in [0.1, 0.15) is 5.01 Å². The molecule has 1 saturated heterocycles. The van der Waals surface area contributed by atoms with E-state index in [-0.39, 0.29) is 5.91 Å². The third kappa shape index (κ3) is 3.97. The van der Waals surface area contributed by atoms with Crippen LogP contribution in [0.3, 0.4) is 0 Å².